The first-order valence-corrected chi connectivity index (χ1v) is 12.0. The summed E-state index contributed by atoms with van der Waals surface area (Å²) in [6.07, 6.45) is 0.810. The Bertz CT molecular complexity index is 1280. The van der Waals surface area contributed by atoms with E-state index in [9.17, 15) is 4.79 Å². The zero-order valence-electron chi connectivity index (χ0n) is 20.2. The number of aromatic nitrogens is 1. The highest BCUT2D eigenvalue weighted by atomic mass is 32.1. The number of anilines is 1. The number of fused-ring (bicyclic) bond motifs is 1. The minimum absolute atomic E-state index is 0.0198. The molecule has 182 valence electrons. The number of ether oxygens (including phenoxy) is 4. The van der Waals surface area contributed by atoms with Crippen LogP contribution >= 0.6 is 11.3 Å². The topological polar surface area (TPSA) is 70.1 Å². The minimum Gasteiger partial charge on any atom is -0.497 e. The molecule has 1 amide bonds. The molecule has 0 bridgehead atoms. The third-order valence-electron chi connectivity index (χ3n) is 5.65. The van der Waals surface area contributed by atoms with E-state index in [1.54, 1.807) is 33.3 Å². The summed E-state index contributed by atoms with van der Waals surface area (Å²) in [4.78, 5) is 20.0. The van der Waals surface area contributed by atoms with Crippen molar-refractivity contribution in [3.63, 3.8) is 0 Å². The third kappa shape index (κ3) is 5.49. The highest BCUT2D eigenvalue weighted by molar-refractivity contribution is 7.22. The highest BCUT2D eigenvalue weighted by Crippen LogP contribution is 2.39. The molecule has 0 N–H and O–H groups in total. The van der Waals surface area contributed by atoms with Gasteiger partial charge in [0.05, 0.1) is 45.2 Å². The predicted molar refractivity (Wildman–Crippen MR) is 138 cm³/mol. The van der Waals surface area contributed by atoms with Gasteiger partial charge >= 0.3 is 0 Å². The van der Waals surface area contributed by atoms with Gasteiger partial charge in [-0.15, -0.1) is 0 Å². The third-order valence-corrected chi connectivity index (χ3v) is 6.69. The van der Waals surface area contributed by atoms with E-state index in [0.29, 0.717) is 41.8 Å². The molecule has 4 aromatic rings. The summed E-state index contributed by atoms with van der Waals surface area (Å²) < 4.78 is 22.6. The molecule has 0 aliphatic heterocycles. The van der Waals surface area contributed by atoms with Crippen LogP contribution in [0.25, 0.3) is 10.2 Å². The lowest BCUT2D eigenvalue weighted by molar-refractivity contribution is -0.118. The number of hydrogen-bond acceptors (Lipinski definition) is 7. The van der Waals surface area contributed by atoms with Crippen molar-refractivity contribution in [3.8, 4) is 23.0 Å². The van der Waals surface area contributed by atoms with Crippen LogP contribution < -0.4 is 23.8 Å². The summed E-state index contributed by atoms with van der Waals surface area (Å²) >= 11 is 1.48. The number of carbonyl (C=O) groups is 1. The monoisotopic (exact) mass is 492 g/mol. The molecule has 0 saturated carbocycles. The molecule has 0 atom stereocenters. The molecule has 8 heteroatoms. The molecule has 0 radical (unpaired) electrons. The number of thiazole rings is 1. The second-order valence-electron chi connectivity index (χ2n) is 7.83. The van der Waals surface area contributed by atoms with Gasteiger partial charge in [-0.3, -0.25) is 9.69 Å². The number of nitrogens with zero attached hydrogens (tertiary/aromatic N) is 2. The van der Waals surface area contributed by atoms with Crippen molar-refractivity contribution < 1.29 is 23.7 Å². The van der Waals surface area contributed by atoms with Crippen LogP contribution in [0, 0.1) is 0 Å². The molecule has 35 heavy (non-hydrogen) atoms. The first-order valence-electron chi connectivity index (χ1n) is 11.1. The van der Waals surface area contributed by atoms with Crippen molar-refractivity contribution in [1.29, 1.82) is 0 Å². The lowest BCUT2D eigenvalue weighted by Gasteiger charge is -2.20. The molecule has 0 fully saturated rings. The van der Waals surface area contributed by atoms with Crippen LogP contribution in [0.15, 0.2) is 60.7 Å². The number of aryl methyl sites for hydroxylation is 1. The van der Waals surface area contributed by atoms with Crippen molar-refractivity contribution in [1.82, 2.24) is 4.98 Å². The van der Waals surface area contributed by atoms with Crippen molar-refractivity contribution in [2.24, 2.45) is 0 Å². The SMILES string of the molecule is COc1ccc2nc(N(Cc3ccccc3)C(=O)CCc3cc(OC)c(OC)c(OC)c3)sc2c1. The summed E-state index contributed by atoms with van der Waals surface area (Å²) in [5.74, 6) is 2.40. The number of methoxy groups -OCH3 is 4. The second kappa shape index (κ2) is 11.1. The molecule has 1 heterocycles. The van der Waals surface area contributed by atoms with Gasteiger partial charge in [-0.2, -0.15) is 0 Å². The Morgan fingerprint density at radius 1 is 0.857 bits per heavy atom. The lowest BCUT2D eigenvalue weighted by atomic mass is 10.1. The van der Waals surface area contributed by atoms with Crippen LogP contribution in [-0.2, 0) is 17.8 Å². The van der Waals surface area contributed by atoms with E-state index in [-0.39, 0.29) is 5.91 Å². The largest absolute Gasteiger partial charge is 0.497 e. The number of amides is 1. The second-order valence-corrected chi connectivity index (χ2v) is 8.84. The molecule has 0 spiro atoms. The molecule has 4 rings (SSSR count). The van der Waals surface area contributed by atoms with Gasteiger partial charge in [0.15, 0.2) is 16.6 Å². The summed E-state index contributed by atoms with van der Waals surface area (Å²) in [6.45, 7) is 0.436. The Balaban J connectivity index is 1.61. The quantitative estimate of drug-likeness (QED) is 0.291. The molecular formula is C27H28N2O5S. The first kappa shape index (κ1) is 24.3. The summed E-state index contributed by atoms with van der Waals surface area (Å²) in [5.41, 5.74) is 2.79. The van der Waals surface area contributed by atoms with E-state index in [4.69, 9.17) is 23.9 Å². The fraction of sp³-hybridized carbons (Fsp3) is 0.259. The zero-order valence-corrected chi connectivity index (χ0v) is 21.1. The zero-order chi connectivity index (χ0) is 24.8. The molecule has 0 aliphatic carbocycles. The molecule has 0 aliphatic rings. The fourth-order valence-electron chi connectivity index (χ4n) is 3.83. The van der Waals surface area contributed by atoms with Gasteiger partial charge in [0.1, 0.15) is 5.75 Å². The van der Waals surface area contributed by atoms with Crippen LogP contribution in [-0.4, -0.2) is 39.3 Å². The van der Waals surface area contributed by atoms with Gasteiger partial charge < -0.3 is 18.9 Å². The van der Waals surface area contributed by atoms with Crippen LogP contribution in [0.1, 0.15) is 17.5 Å². The van der Waals surface area contributed by atoms with Crippen LogP contribution in [0.2, 0.25) is 0 Å². The van der Waals surface area contributed by atoms with Gasteiger partial charge in [-0.05, 0) is 47.9 Å². The Kier molecular flexibility index (Phi) is 7.72. The van der Waals surface area contributed by atoms with Crippen LogP contribution in [0.3, 0.4) is 0 Å². The predicted octanol–water partition coefficient (Wildman–Crippen LogP) is 5.50. The molecule has 1 aromatic heterocycles. The number of rotatable bonds is 10. The lowest BCUT2D eigenvalue weighted by Crippen LogP contribution is -2.30. The maximum Gasteiger partial charge on any atom is 0.229 e. The highest BCUT2D eigenvalue weighted by Gasteiger charge is 2.21. The van der Waals surface area contributed by atoms with Crippen LogP contribution in [0.4, 0.5) is 5.13 Å². The van der Waals surface area contributed by atoms with Gasteiger partial charge in [0.25, 0.3) is 0 Å². The van der Waals surface area contributed by atoms with Crippen molar-refractivity contribution in [2.45, 2.75) is 19.4 Å². The molecular weight excluding hydrogens is 464 g/mol. The fourth-order valence-corrected chi connectivity index (χ4v) is 4.84. The molecule has 0 unspecified atom stereocenters. The van der Waals surface area contributed by atoms with Crippen molar-refractivity contribution in [2.75, 3.05) is 33.3 Å². The normalized spacial score (nSPS) is 10.7. The minimum atomic E-state index is -0.0198. The number of benzene rings is 3. The Morgan fingerprint density at radius 2 is 1.57 bits per heavy atom. The molecule has 7 nitrogen and oxygen atoms in total. The van der Waals surface area contributed by atoms with E-state index < -0.39 is 0 Å². The standard InChI is InChI=1S/C27H28N2O5S/c1-31-20-11-12-21-24(16-20)35-27(28-21)29(17-18-8-6-5-7-9-18)25(30)13-10-19-14-22(32-2)26(34-4)23(15-19)33-3/h5-9,11-12,14-16H,10,13,17H2,1-4H3. The van der Waals surface area contributed by atoms with E-state index in [1.165, 1.54) is 11.3 Å². The average molecular weight is 493 g/mol. The smallest absolute Gasteiger partial charge is 0.229 e. The maximum absolute atomic E-state index is 13.5. The van der Waals surface area contributed by atoms with E-state index in [0.717, 1.165) is 27.1 Å². The van der Waals surface area contributed by atoms with Gasteiger partial charge in [-0.25, -0.2) is 4.98 Å². The van der Waals surface area contributed by atoms with E-state index in [1.807, 2.05) is 60.7 Å². The Morgan fingerprint density at radius 3 is 2.20 bits per heavy atom. The van der Waals surface area contributed by atoms with Crippen LogP contribution in [0.5, 0.6) is 23.0 Å². The van der Waals surface area contributed by atoms with E-state index in [2.05, 4.69) is 0 Å². The van der Waals surface area contributed by atoms with Gasteiger partial charge in [-0.1, -0.05) is 41.7 Å². The maximum atomic E-state index is 13.5. The van der Waals surface area contributed by atoms with Gasteiger partial charge in [0.2, 0.25) is 11.7 Å². The number of hydrogen-bond donors (Lipinski definition) is 0. The summed E-state index contributed by atoms with van der Waals surface area (Å²) in [6, 6.07) is 19.4. The molecule has 0 saturated heterocycles. The van der Waals surface area contributed by atoms with Crippen molar-refractivity contribution in [3.05, 3.63) is 71.8 Å². The van der Waals surface area contributed by atoms with Crippen molar-refractivity contribution >= 4 is 32.6 Å². The summed E-state index contributed by atoms with van der Waals surface area (Å²) in [5, 5.41) is 0.659. The molecule has 3 aromatic carbocycles. The Hall–Kier alpha value is -3.78. The van der Waals surface area contributed by atoms with Gasteiger partial charge in [0, 0.05) is 6.42 Å². The Labute approximate surface area is 208 Å². The summed E-state index contributed by atoms with van der Waals surface area (Å²) in [7, 11) is 6.36. The first-order chi connectivity index (χ1) is 17.1. The average Bonchev–Trinajstić information content (AvgIpc) is 3.33. The number of carbonyl (C=O) groups excluding carboxylic acids is 1. The van der Waals surface area contributed by atoms with E-state index >= 15 is 0 Å².